The monoisotopic (exact) mass is 303 g/mol. The molecule has 1 aromatic heterocycles. The number of anilines is 1. The van der Waals surface area contributed by atoms with E-state index in [-0.39, 0.29) is 0 Å². The van der Waals surface area contributed by atoms with Gasteiger partial charge in [-0.25, -0.2) is 0 Å². The molecule has 4 heteroatoms. The Morgan fingerprint density at radius 3 is 2.78 bits per heavy atom. The summed E-state index contributed by atoms with van der Waals surface area (Å²) in [6.45, 7) is 1.99. The molecule has 0 saturated carbocycles. The maximum Gasteiger partial charge on any atom is 0.0562 e. The second kappa shape index (κ2) is 6.31. The summed E-state index contributed by atoms with van der Waals surface area (Å²) >= 11 is 3.39. The zero-order valence-electron chi connectivity index (χ0n) is 10.1. The highest BCUT2D eigenvalue weighted by Crippen LogP contribution is 2.13. The molecule has 0 bridgehead atoms. The first-order valence-electron chi connectivity index (χ1n) is 5.69. The van der Waals surface area contributed by atoms with Gasteiger partial charge in [-0.3, -0.25) is 10.4 Å². The quantitative estimate of drug-likeness (QED) is 0.689. The minimum atomic E-state index is 0.799. The lowest BCUT2D eigenvalue weighted by Gasteiger charge is -2.00. The largest absolute Gasteiger partial charge is 0.279 e. The van der Waals surface area contributed by atoms with Gasteiger partial charge in [0.05, 0.1) is 5.69 Å². The third-order valence-corrected chi connectivity index (χ3v) is 2.95. The van der Waals surface area contributed by atoms with Gasteiger partial charge in [0.15, 0.2) is 0 Å². The van der Waals surface area contributed by atoms with E-state index < -0.39 is 0 Å². The standard InChI is InChI=1S/C14H14BrN3/c1-11-10-12(6-8-16-11)7-9-17-18-14-4-2-13(15)3-5-14/h2-6,8-10,18H,7H2,1H3. The predicted molar refractivity (Wildman–Crippen MR) is 78.9 cm³/mol. The van der Waals surface area contributed by atoms with Gasteiger partial charge in [-0.1, -0.05) is 15.9 Å². The van der Waals surface area contributed by atoms with Crippen molar-refractivity contribution in [2.24, 2.45) is 5.10 Å². The lowest BCUT2D eigenvalue weighted by atomic mass is 10.2. The van der Waals surface area contributed by atoms with Crippen LogP contribution in [0.5, 0.6) is 0 Å². The molecule has 18 heavy (non-hydrogen) atoms. The third-order valence-electron chi connectivity index (χ3n) is 2.42. The Labute approximate surface area is 115 Å². The molecular weight excluding hydrogens is 290 g/mol. The fourth-order valence-corrected chi connectivity index (χ4v) is 1.79. The number of aryl methyl sites for hydroxylation is 1. The molecule has 1 aromatic carbocycles. The van der Waals surface area contributed by atoms with E-state index in [1.165, 1.54) is 5.56 Å². The number of hydrogen-bond acceptors (Lipinski definition) is 3. The molecule has 0 amide bonds. The number of aromatic nitrogens is 1. The molecule has 0 spiro atoms. The first-order chi connectivity index (χ1) is 8.74. The van der Waals surface area contributed by atoms with Gasteiger partial charge in [-0.2, -0.15) is 5.10 Å². The van der Waals surface area contributed by atoms with E-state index in [9.17, 15) is 0 Å². The van der Waals surface area contributed by atoms with E-state index >= 15 is 0 Å². The van der Waals surface area contributed by atoms with Crippen LogP contribution in [-0.4, -0.2) is 11.2 Å². The van der Waals surface area contributed by atoms with Crippen molar-refractivity contribution in [3.05, 3.63) is 58.3 Å². The second-order valence-electron chi connectivity index (χ2n) is 3.94. The minimum absolute atomic E-state index is 0.799. The molecule has 3 nitrogen and oxygen atoms in total. The SMILES string of the molecule is Cc1cc(CC=NNc2ccc(Br)cc2)ccn1. The van der Waals surface area contributed by atoms with Gasteiger partial charge < -0.3 is 0 Å². The normalized spacial score (nSPS) is 10.8. The van der Waals surface area contributed by atoms with Crippen LogP contribution in [0.4, 0.5) is 5.69 Å². The Morgan fingerprint density at radius 1 is 1.28 bits per heavy atom. The lowest BCUT2D eigenvalue weighted by molar-refractivity contribution is 1.16. The summed E-state index contributed by atoms with van der Waals surface area (Å²) in [7, 11) is 0. The minimum Gasteiger partial charge on any atom is -0.279 e. The fourth-order valence-electron chi connectivity index (χ4n) is 1.53. The van der Waals surface area contributed by atoms with Crippen molar-refractivity contribution in [3.8, 4) is 0 Å². The van der Waals surface area contributed by atoms with Crippen LogP contribution in [-0.2, 0) is 6.42 Å². The van der Waals surface area contributed by atoms with Crippen LogP contribution in [0.25, 0.3) is 0 Å². The highest BCUT2D eigenvalue weighted by molar-refractivity contribution is 9.10. The van der Waals surface area contributed by atoms with Crippen LogP contribution in [0, 0.1) is 6.92 Å². The lowest BCUT2D eigenvalue weighted by Crippen LogP contribution is -1.93. The molecule has 1 N–H and O–H groups in total. The third kappa shape index (κ3) is 3.96. The summed E-state index contributed by atoms with van der Waals surface area (Å²) in [4.78, 5) is 4.16. The molecule has 0 unspecified atom stereocenters. The smallest absolute Gasteiger partial charge is 0.0562 e. The van der Waals surface area contributed by atoms with Crippen LogP contribution in [0.3, 0.4) is 0 Å². The fraction of sp³-hybridized carbons (Fsp3) is 0.143. The average molecular weight is 304 g/mol. The maximum absolute atomic E-state index is 4.19. The molecule has 0 fully saturated rings. The summed E-state index contributed by atoms with van der Waals surface area (Å²) in [5, 5.41) is 4.19. The Morgan fingerprint density at radius 2 is 2.06 bits per heavy atom. The summed E-state index contributed by atoms with van der Waals surface area (Å²) in [6.07, 6.45) is 4.48. The van der Waals surface area contributed by atoms with Crippen LogP contribution < -0.4 is 5.43 Å². The number of nitrogens with one attached hydrogen (secondary N) is 1. The van der Waals surface area contributed by atoms with Crippen molar-refractivity contribution in [1.82, 2.24) is 4.98 Å². The van der Waals surface area contributed by atoms with E-state index in [0.29, 0.717) is 0 Å². The van der Waals surface area contributed by atoms with Gasteiger partial charge in [0.2, 0.25) is 0 Å². The number of hydrogen-bond donors (Lipinski definition) is 1. The van der Waals surface area contributed by atoms with Gasteiger partial charge in [0.1, 0.15) is 0 Å². The molecule has 0 atom stereocenters. The van der Waals surface area contributed by atoms with E-state index in [1.54, 1.807) is 0 Å². The number of benzene rings is 1. The summed E-state index contributed by atoms with van der Waals surface area (Å²) in [6, 6.07) is 12.0. The first-order valence-corrected chi connectivity index (χ1v) is 6.48. The van der Waals surface area contributed by atoms with Crippen molar-refractivity contribution < 1.29 is 0 Å². The molecule has 2 aromatic rings. The highest BCUT2D eigenvalue weighted by atomic mass is 79.9. The Kier molecular flexibility index (Phi) is 4.47. The van der Waals surface area contributed by atoms with Gasteiger partial charge >= 0.3 is 0 Å². The van der Waals surface area contributed by atoms with E-state index in [2.05, 4.69) is 37.5 Å². The molecule has 0 aliphatic rings. The zero-order valence-corrected chi connectivity index (χ0v) is 11.7. The number of rotatable bonds is 4. The Balaban J connectivity index is 1.87. The highest BCUT2D eigenvalue weighted by Gasteiger charge is 1.92. The molecule has 1 heterocycles. The number of halogens is 1. The molecule has 0 aliphatic carbocycles. The molecule has 0 saturated heterocycles. The maximum atomic E-state index is 4.19. The Hall–Kier alpha value is -1.68. The van der Waals surface area contributed by atoms with Crippen molar-refractivity contribution in [2.75, 3.05) is 5.43 Å². The number of hydrazone groups is 1. The molecular formula is C14H14BrN3. The van der Waals surface area contributed by atoms with Crippen molar-refractivity contribution in [3.63, 3.8) is 0 Å². The number of pyridine rings is 1. The van der Waals surface area contributed by atoms with Crippen LogP contribution in [0.2, 0.25) is 0 Å². The van der Waals surface area contributed by atoms with Crippen LogP contribution >= 0.6 is 15.9 Å². The van der Waals surface area contributed by atoms with Gasteiger partial charge in [-0.15, -0.1) is 0 Å². The Bertz CT molecular complexity index is 535. The predicted octanol–water partition coefficient (Wildman–Crippen LogP) is 3.79. The van der Waals surface area contributed by atoms with E-state index in [0.717, 1.165) is 22.3 Å². The summed E-state index contributed by atoms with van der Waals surface area (Å²) in [5.74, 6) is 0. The van der Waals surface area contributed by atoms with Crippen molar-refractivity contribution >= 4 is 27.8 Å². The first kappa shape index (κ1) is 12.8. The topological polar surface area (TPSA) is 37.3 Å². The second-order valence-corrected chi connectivity index (χ2v) is 4.86. The van der Waals surface area contributed by atoms with Crippen LogP contribution in [0.1, 0.15) is 11.3 Å². The van der Waals surface area contributed by atoms with Crippen molar-refractivity contribution in [2.45, 2.75) is 13.3 Å². The summed E-state index contributed by atoms with van der Waals surface area (Å²) in [5.41, 5.74) is 6.20. The zero-order chi connectivity index (χ0) is 12.8. The molecule has 2 rings (SSSR count). The van der Waals surface area contributed by atoms with E-state index in [4.69, 9.17) is 0 Å². The van der Waals surface area contributed by atoms with E-state index in [1.807, 2.05) is 49.7 Å². The average Bonchev–Trinajstić information content (AvgIpc) is 2.37. The van der Waals surface area contributed by atoms with Gasteiger partial charge in [0.25, 0.3) is 0 Å². The van der Waals surface area contributed by atoms with Crippen molar-refractivity contribution in [1.29, 1.82) is 0 Å². The van der Waals surface area contributed by atoms with Gasteiger partial charge in [-0.05, 0) is 48.9 Å². The van der Waals surface area contributed by atoms with Crippen LogP contribution in [0.15, 0.2) is 52.2 Å². The number of nitrogens with zero attached hydrogens (tertiary/aromatic N) is 2. The molecule has 0 aliphatic heterocycles. The summed E-state index contributed by atoms with van der Waals surface area (Å²) < 4.78 is 1.06. The molecule has 0 radical (unpaired) electrons. The van der Waals surface area contributed by atoms with Gasteiger partial charge in [0, 0.05) is 29.0 Å². The molecule has 92 valence electrons.